The number of nitrogens with one attached hydrogen (secondary N) is 1. The molecular weight excluding hydrogens is 245 g/mol. The standard InChI is InChI=1S/C12H13F3N2O/c13-12(14,15)9-3-1-8(2-4-9)10(18)17-11(7-16)5-6-11/h1-4H,5-7,16H2,(H,17,18). The van der Waals surface area contributed by atoms with Gasteiger partial charge in [-0.1, -0.05) is 0 Å². The molecule has 0 atom stereocenters. The lowest BCUT2D eigenvalue weighted by Gasteiger charge is -2.15. The summed E-state index contributed by atoms with van der Waals surface area (Å²) in [6.45, 7) is 0.347. The van der Waals surface area contributed by atoms with E-state index in [4.69, 9.17) is 5.73 Å². The van der Waals surface area contributed by atoms with E-state index in [1.54, 1.807) is 0 Å². The third kappa shape index (κ3) is 2.64. The molecule has 0 aromatic heterocycles. The molecule has 0 spiro atoms. The number of hydrogen-bond donors (Lipinski definition) is 2. The maximum Gasteiger partial charge on any atom is 0.416 e. The third-order valence-corrected chi connectivity index (χ3v) is 3.10. The van der Waals surface area contributed by atoms with Crippen molar-refractivity contribution < 1.29 is 18.0 Å². The van der Waals surface area contributed by atoms with Gasteiger partial charge in [0.1, 0.15) is 0 Å². The van der Waals surface area contributed by atoms with Crippen LogP contribution in [-0.4, -0.2) is 18.0 Å². The van der Waals surface area contributed by atoms with Crippen molar-refractivity contribution in [3.8, 4) is 0 Å². The summed E-state index contributed by atoms with van der Waals surface area (Å²) in [6, 6.07) is 4.14. The Kier molecular flexibility index (Phi) is 3.06. The summed E-state index contributed by atoms with van der Waals surface area (Å²) in [7, 11) is 0. The molecular formula is C12H13F3N2O. The van der Waals surface area contributed by atoms with E-state index in [0.29, 0.717) is 6.54 Å². The van der Waals surface area contributed by atoms with Gasteiger partial charge < -0.3 is 11.1 Å². The minimum atomic E-state index is -4.38. The Hall–Kier alpha value is -1.56. The van der Waals surface area contributed by atoms with Crippen LogP contribution in [0.3, 0.4) is 0 Å². The van der Waals surface area contributed by atoms with Crippen molar-refractivity contribution in [1.82, 2.24) is 5.32 Å². The molecule has 0 bridgehead atoms. The summed E-state index contributed by atoms with van der Waals surface area (Å²) >= 11 is 0. The zero-order valence-electron chi connectivity index (χ0n) is 9.55. The van der Waals surface area contributed by atoms with Gasteiger partial charge in [0, 0.05) is 12.1 Å². The monoisotopic (exact) mass is 258 g/mol. The number of amides is 1. The molecule has 6 heteroatoms. The van der Waals surface area contributed by atoms with Crippen LogP contribution in [0.5, 0.6) is 0 Å². The molecule has 2 rings (SSSR count). The Morgan fingerprint density at radius 3 is 2.22 bits per heavy atom. The highest BCUT2D eigenvalue weighted by Gasteiger charge is 2.42. The Labute approximate surface area is 102 Å². The number of nitrogens with two attached hydrogens (primary N) is 1. The second-order valence-corrected chi connectivity index (χ2v) is 4.51. The van der Waals surface area contributed by atoms with E-state index >= 15 is 0 Å². The fraction of sp³-hybridized carbons (Fsp3) is 0.417. The van der Waals surface area contributed by atoms with Gasteiger partial charge in [0.05, 0.1) is 11.1 Å². The van der Waals surface area contributed by atoms with Gasteiger partial charge in [-0.05, 0) is 37.1 Å². The number of hydrogen-bond acceptors (Lipinski definition) is 2. The summed E-state index contributed by atoms with van der Waals surface area (Å²) in [4.78, 5) is 11.8. The molecule has 1 amide bonds. The zero-order chi connectivity index (χ0) is 13.4. The Bertz CT molecular complexity index is 449. The summed E-state index contributed by atoms with van der Waals surface area (Å²) in [5, 5.41) is 2.75. The van der Waals surface area contributed by atoms with Crippen molar-refractivity contribution in [1.29, 1.82) is 0 Å². The highest BCUT2D eigenvalue weighted by Crippen LogP contribution is 2.34. The van der Waals surface area contributed by atoms with E-state index in [0.717, 1.165) is 25.0 Å². The summed E-state index contributed by atoms with van der Waals surface area (Å²) in [5.41, 5.74) is 4.61. The first-order valence-electron chi connectivity index (χ1n) is 5.56. The SMILES string of the molecule is NCC1(NC(=O)c2ccc(C(F)(F)F)cc2)CC1. The lowest BCUT2D eigenvalue weighted by Crippen LogP contribution is -2.42. The Morgan fingerprint density at radius 1 is 1.28 bits per heavy atom. The number of benzene rings is 1. The highest BCUT2D eigenvalue weighted by atomic mass is 19.4. The number of carbonyl (C=O) groups is 1. The van der Waals surface area contributed by atoms with Crippen LogP contribution >= 0.6 is 0 Å². The molecule has 1 fully saturated rings. The second kappa shape index (κ2) is 4.28. The second-order valence-electron chi connectivity index (χ2n) is 4.51. The maximum atomic E-state index is 12.3. The van der Waals surface area contributed by atoms with Crippen LogP contribution in [0.2, 0.25) is 0 Å². The minimum Gasteiger partial charge on any atom is -0.345 e. The summed E-state index contributed by atoms with van der Waals surface area (Å²) in [5.74, 6) is -0.383. The van der Waals surface area contributed by atoms with Crippen molar-refractivity contribution in [2.45, 2.75) is 24.6 Å². The van der Waals surface area contributed by atoms with Gasteiger partial charge in [0.25, 0.3) is 5.91 Å². The van der Waals surface area contributed by atoms with Gasteiger partial charge in [0.15, 0.2) is 0 Å². The number of carbonyl (C=O) groups excluding carboxylic acids is 1. The van der Waals surface area contributed by atoms with Crippen LogP contribution in [0.4, 0.5) is 13.2 Å². The van der Waals surface area contributed by atoms with Gasteiger partial charge in [-0.2, -0.15) is 13.2 Å². The third-order valence-electron chi connectivity index (χ3n) is 3.10. The van der Waals surface area contributed by atoms with Gasteiger partial charge in [0.2, 0.25) is 0 Å². The van der Waals surface area contributed by atoms with E-state index < -0.39 is 11.7 Å². The molecule has 98 valence electrons. The molecule has 1 saturated carbocycles. The summed E-state index contributed by atoms with van der Waals surface area (Å²) in [6.07, 6.45) is -2.75. The molecule has 0 radical (unpaired) electrons. The van der Waals surface area contributed by atoms with Crippen molar-refractivity contribution in [2.75, 3.05) is 6.54 Å². The highest BCUT2D eigenvalue weighted by molar-refractivity contribution is 5.95. The van der Waals surface area contributed by atoms with E-state index in [2.05, 4.69) is 5.32 Å². The molecule has 1 aliphatic rings. The van der Waals surface area contributed by atoms with Gasteiger partial charge in [-0.3, -0.25) is 4.79 Å². The zero-order valence-corrected chi connectivity index (χ0v) is 9.55. The fourth-order valence-electron chi connectivity index (χ4n) is 1.65. The lowest BCUT2D eigenvalue weighted by molar-refractivity contribution is -0.137. The smallest absolute Gasteiger partial charge is 0.345 e. The van der Waals surface area contributed by atoms with Gasteiger partial charge in [-0.25, -0.2) is 0 Å². The largest absolute Gasteiger partial charge is 0.416 e. The molecule has 0 heterocycles. The molecule has 0 aliphatic heterocycles. The molecule has 1 aromatic carbocycles. The average molecular weight is 258 g/mol. The van der Waals surface area contributed by atoms with Crippen LogP contribution in [0.1, 0.15) is 28.8 Å². The molecule has 0 unspecified atom stereocenters. The molecule has 3 nitrogen and oxygen atoms in total. The number of alkyl halides is 3. The Morgan fingerprint density at radius 2 is 1.83 bits per heavy atom. The van der Waals surface area contributed by atoms with Crippen molar-refractivity contribution in [2.24, 2.45) is 5.73 Å². The molecule has 1 aromatic rings. The Balaban J connectivity index is 2.08. The predicted octanol–water partition coefficient (Wildman–Crippen LogP) is 1.93. The molecule has 1 aliphatic carbocycles. The van der Waals surface area contributed by atoms with Gasteiger partial charge in [-0.15, -0.1) is 0 Å². The fourth-order valence-corrected chi connectivity index (χ4v) is 1.65. The lowest BCUT2D eigenvalue weighted by atomic mass is 10.1. The van der Waals surface area contributed by atoms with Crippen LogP contribution in [-0.2, 0) is 6.18 Å². The first-order valence-corrected chi connectivity index (χ1v) is 5.56. The van der Waals surface area contributed by atoms with E-state index in [9.17, 15) is 18.0 Å². The topological polar surface area (TPSA) is 55.1 Å². The predicted molar refractivity (Wildman–Crippen MR) is 59.9 cm³/mol. The average Bonchev–Trinajstić information content (AvgIpc) is 3.08. The van der Waals surface area contributed by atoms with Crippen LogP contribution in [0, 0.1) is 0 Å². The summed E-state index contributed by atoms with van der Waals surface area (Å²) < 4.78 is 37.0. The first-order chi connectivity index (χ1) is 8.36. The van der Waals surface area contributed by atoms with E-state index in [-0.39, 0.29) is 17.0 Å². The molecule has 18 heavy (non-hydrogen) atoms. The van der Waals surface area contributed by atoms with Crippen LogP contribution < -0.4 is 11.1 Å². The van der Waals surface area contributed by atoms with Crippen LogP contribution in [0.15, 0.2) is 24.3 Å². The van der Waals surface area contributed by atoms with Crippen molar-refractivity contribution >= 4 is 5.91 Å². The van der Waals surface area contributed by atoms with Crippen LogP contribution in [0.25, 0.3) is 0 Å². The molecule has 0 saturated heterocycles. The normalized spacial score (nSPS) is 17.3. The van der Waals surface area contributed by atoms with Crippen molar-refractivity contribution in [3.05, 3.63) is 35.4 Å². The first kappa shape index (κ1) is 12.9. The quantitative estimate of drug-likeness (QED) is 0.870. The van der Waals surface area contributed by atoms with E-state index in [1.165, 1.54) is 12.1 Å². The number of rotatable bonds is 3. The van der Waals surface area contributed by atoms with Gasteiger partial charge >= 0.3 is 6.18 Å². The van der Waals surface area contributed by atoms with E-state index in [1.807, 2.05) is 0 Å². The minimum absolute atomic E-state index is 0.211. The number of halogens is 3. The maximum absolute atomic E-state index is 12.3. The van der Waals surface area contributed by atoms with Crippen molar-refractivity contribution in [3.63, 3.8) is 0 Å². The molecule has 3 N–H and O–H groups in total.